The molecule has 0 heterocycles. The average molecular weight is 221 g/mol. The van der Waals surface area contributed by atoms with E-state index in [9.17, 15) is 0 Å². The summed E-state index contributed by atoms with van der Waals surface area (Å²) in [6, 6.07) is 0. The summed E-state index contributed by atoms with van der Waals surface area (Å²) in [5, 5.41) is 0. The molecular formula is C5H13ClO3S2. The predicted octanol–water partition coefficient (Wildman–Crippen LogP) is 0.960. The fourth-order valence-electron chi connectivity index (χ4n) is 0.204. The molecule has 0 rings (SSSR count). The van der Waals surface area contributed by atoms with Gasteiger partial charge in [-0.3, -0.25) is 0 Å². The molecule has 0 aliphatic rings. The third-order valence-electron chi connectivity index (χ3n) is 0.986. The number of hydrogen-bond donors (Lipinski definition) is 0. The lowest BCUT2D eigenvalue weighted by molar-refractivity contribution is 0.481. The summed E-state index contributed by atoms with van der Waals surface area (Å²) in [4.78, 5) is 0. The molecule has 0 aromatic carbocycles. The van der Waals surface area contributed by atoms with Gasteiger partial charge in [-0.2, -0.15) is 0 Å². The molecule has 11 heavy (non-hydrogen) atoms. The van der Waals surface area contributed by atoms with Gasteiger partial charge in [0.25, 0.3) is 0 Å². The third-order valence-corrected chi connectivity index (χ3v) is 2.96. The maximum atomic E-state index is 8.84. The van der Waals surface area contributed by atoms with E-state index in [1.54, 1.807) is 0 Å². The molecule has 0 N–H and O–H groups in total. The zero-order chi connectivity index (χ0) is 9.49. The van der Waals surface area contributed by atoms with Crippen LogP contribution in [0.4, 0.5) is 0 Å². The molecular weight excluding hydrogens is 208 g/mol. The van der Waals surface area contributed by atoms with Crippen molar-refractivity contribution in [2.75, 3.05) is 17.8 Å². The normalized spacial score (nSPS) is 10.7. The average Bonchev–Trinajstić information content (AvgIpc) is 1.83. The Morgan fingerprint density at radius 2 is 1.55 bits per heavy atom. The summed E-state index contributed by atoms with van der Waals surface area (Å²) in [6.07, 6.45) is 2.31. The Morgan fingerprint density at radius 3 is 1.55 bits per heavy atom. The number of hydrogen-bond acceptors (Lipinski definition) is 3. The monoisotopic (exact) mass is 220 g/mol. The van der Waals surface area contributed by atoms with Crippen LogP contribution in [0.15, 0.2) is 0 Å². The quantitative estimate of drug-likeness (QED) is 0.396. The molecule has 6 heteroatoms. The molecule has 0 spiro atoms. The van der Waals surface area contributed by atoms with Crippen molar-refractivity contribution < 1.29 is 13.0 Å². The van der Waals surface area contributed by atoms with E-state index < -0.39 is 9.33 Å². The topological polar surface area (TPSA) is 57.2 Å². The second kappa shape index (κ2) is 7.21. The molecule has 0 fully saturated rings. The van der Waals surface area contributed by atoms with Crippen molar-refractivity contribution >= 4 is 30.9 Å². The molecule has 0 unspecified atom stereocenters. The number of rotatable bonds is 2. The van der Waals surface area contributed by atoms with Gasteiger partial charge in [-0.05, 0) is 24.7 Å². The summed E-state index contributed by atoms with van der Waals surface area (Å²) in [6.45, 7) is 4.49. The molecule has 0 bridgehead atoms. The second-order valence-corrected chi connectivity index (χ2v) is 6.39. The van der Waals surface area contributed by atoms with E-state index in [-0.39, 0.29) is 0 Å². The lowest BCUT2D eigenvalue weighted by Crippen LogP contribution is -2.02. The van der Waals surface area contributed by atoms with Gasteiger partial charge in [-0.25, -0.2) is 8.42 Å². The first-order chi connectivity index (χ1) is 4.81. The van der Waals surface area contributed by atoms with Gasteiger partial charge >= 0.3 is 0 Å². The molecule has 3 nitrogen and oxygen atoms in total. The lowest BCUT2D eigenvalue weighted by atomic mass is 11.0. The highest BCUT2D eigenvalue weighted by Gasteiger charge is 1.98. The van der Waals surface area contributed by atoms with Gasteiger partial charge in [0.15, 0.2) is 9.33 Å². The van der Waals surface area contributed by atoms with Crippen molar-refractivity contribution in [2.45, 2.75) is 13.8 Å². The molecule has 0 aliphatic carbocycles. The predicted molar refractivity (Wildman–Crippen MR) is 49.9 cm³/mol. The van der Waals surface area contributed by atoms with Crippen molar-refractivity contribution in [3.05, 3.63) is 0 Å². The molecule has 0 aromatic heterocycles. The fraction of sp³-hybridized carbons (Fsp3) is 1.00. The van der Waals surface area contributed by atoms with E-state index >= 15 is 0 Å². The summed E-state index contributed by atoms with van der Waals surface area (Å²) in [5.41, 5.74) is 0. The first-order valence-corrected chi connectivity index (χ1v) is 7.26. The summed E-state index contributed by atoms with van der Waals surface area (Å²) >= 11 is 0. The smallest absolute Gasteiger partial charge is 0.181 e. The SMILES string of the molecule is CC[S+](C)CC.O=S(=O)([O-])Cl. The maximum Gasteiger partial charge on any atom is 0.181 e. The Labute approximate surface area is 75.7 Å². The van der Waals surface area contributed by atoms with Crippen LogP contribution in [-0.4, -0.2) is 30.7 Å². The van der Waals surface area contributed by atoms with Gasteiger partial charge in [0.1, 0.15) is 11.5 Å². The molecule has 0 aromatic rings. The Morgan fingerprint density at radius 1 is 1.36 bits per heavy atom. The van der Waals surface area contributed by atoms with Crippen LogP contribution < -0.4 is 0 Å². The largest absolute Gasteiger partial charge is 0.735 e. The summed E-state index contributed by atoms with van der Waals surface area (Å²) in [7, 11) is 0.218. The maximum absolute atomic E-state index is 8.84. The van der Waals surface area contributed by atoms with Crippen LogP contribution in [-0.2, 0) is 20.2 Å². The third kappa shape index (κ3) is 37.3. The van der Waals surface area contributed by atoms with Crippen LogP contribution in [0.1, 0.15) is 13.8 Å². The Bertz CT molecular complexity index is 155. The van der Waals surface area contributed by atoms with E-state index in [4.69, 9.17) is 13.0 Å². The Hall–Kier alpha value is 0.550. The minimum absolute atomic E-state index is 0.716. The van der Waals surface area contributed by atoms with Gasteiger partial charge in [-0.1, -0.05) is 0 Å². The molecule has 70 valence electrons. The molecule has 0 amide bonds. The zero-order valence-electron chi connectivity index (χ0n) is 6.83. The van der Waals surface area contributed by atoms with Gasteiger partial charge in [0, 0.05) is 10.7 Å². The van der Waals surface area contributed by atoms with Crippen molar-refractivity contribution in [1.82, 2.24) is 0 Å². The van der Waals surface area contributed by atoms with E-state index in [0.29, 0.717) is 10.9 Å². The standard InChI is InChI=1S/C5H13S.ClHO3S/c1-4-6(3)5-2;1-5(2,3)4/h4-5H2,1-3H3;(H,2,3,4)/q+1;/p-1. The van der Waals surface area contributed by atoms with Crippen molar-refractivity contribution in [3.8, 4) is 0 Å². The van der Waals surface area contributed by atoms with E-state index in [2.05, 4.69) is 30.8 Å². The second-order valence-electron chi connectivity index (χ2n) is 1.75. The molecule has 0 radical (unpaired) electrons. The van der Waals surface area contributed by atoms with Gasteiger partial charge in [0.2, 0.25) is 0 Å². The highest BCUT2D eigenvalue weighted by Crippen LogP contribution is 1.85. The van der Waals surface area contributed by atoms with Crippen molar-refractivity contribution in [2.24, 2.45) is 0 Å². The van der Waals surface area contributed by atoms with Crippen LogP contribution >= 0.6 is 10.7 Å². The van der Waals surface area contributed by atoms with Crippen LogP contribution in [0.25, 0.3) is 0 Å². The summed E-state index contributed by atoms with van der Waals surface area (Å²) in [5.74, 6) is 2.72. The first-order valence-electron chi connectivity index (χ1n) is 3.05. The minimum Gasteiger partial charge on any atom is -0.735 e. The zero-order valence-corrected chi connectivity index (χ0v) is 9.22. The molecule has 0 saturated heterocycles. The Balaban J connectivity index is 0. The molecule has 0 atom stereocenters. The highest BCUT2D eigenvalue weighted by molar-refractivity contribution is 8.09. The number of halogens is 1. The first kappa shape index (κ1) is 14.1. The van der Waals surface area contributed by atoms with Crippen LogP contribution in [0.3, 0.4) is 0 Å². The van der Waals surface area contributed by atoms with E-state index in [1.807, 2.05) is 0 Å². The van der Waals surface area contributed by atoms with E-state index in [1.165, 1.54) is 11.5 Å². The van der Waals surface area contributed by atoms with Crippen molar-refractivity contribution in [3.63, 3.8) is 0 Å². The van der Waals surface area contributed by atoms with Crippen LogP contribution in [0.2, 0.25) is 0 Å². The van der Waals surface area contributed by atoms with Crippen LogP contribution in [0, 0.1) is 0 Å². The van der Waals surface area contributed by atoms with E-state index in [0.717, 1.165) is 0 Å². The minimum atomic E-state index is -4.44. The van der Waals surface area contributed by atoms with Gasteiger partial charge in [0.05, 0.1) is 6.26 Å². The highest BCUT2D eigenvalue weighted by atomic mass is 35.7. The molecule has 0 saturated carbocycles. The molecule has 0 aliphatic heterocycles. The summed E-state index contributed by atoms with van der Waals surface area (Å²) < 4.78 is 26.5. The van der Waals surface area contributed by atoms with Crippen LogP contribution in [0.5, 0.6) is 0 Å². The fourth-order valence-corrected chi connectivity index (χ4v) is 0.612. The lowest BCUT2D eigenvalue weighted by Gasteiger charge is -1.89. The van der Waals surface area contributed by atoms with Gasteiger partial charge in [-0.15, -0.1) is 0 Å². The van der Waals surface area contributed by atoms with Crippen molar-refractivity contribution in [1.29, 1.82) is 0 Å². The Kier molecular flexibility index (Phi) is 9.24. The van der Waals surface area contributed by atoms with Gasteiger partial charge < -0.3 is 4.55 Å².